The van der Waals surface area contributed by atoms with Gasteiger partial charge in [-0.25, -0.2) is 21.6 Å². The molecular weight excluding hydrogens is 381 g/mol. The third kappa shape index (κ3) is 3.84. The first-order valence-corrected chi connectivity index (χ1v) is 9.65. The van der Waals surface area contributed by atoms with Crippen molar-refractivity contribution in [3.63, 3.8) is 0 Å². The van der Waals surface area contributed by atoms with E-state index in [1.54, 1.807) is 6.92 Å². The van der Waals surface area contributed by atoms with Crippen LogP contribution in [-0.2, 0) is 10.0 Å². The zero-order chi connectivity index (χ0) is 19.8. The smallest absolute Gasteiger partial charge is 0.254 e. The van der Waals surface area contributed by atoms with E-state index in [0.29, 0.717) is 11.6 Å². The van der Waals surface area contributed by atoms with Gasteiger partial charge in [-0.05, 0) is 42.8 Å². The molecule has 1 fully saturated rings. The first-order chi connectivity index (χ1) is 12.7. The highest BCUT2D eigenvalue weighted by atomic mass is 32.2. The molecule has 2 aromatic carbocycles. The number of benzene rings is 2. The van der Waals surface area contributed by atoms with Crippen molar-refractivity contribution >= 4 is 15.9 Å². The SMILES string of the molecule is Cc1ccc(C(=O)N2CCN(S(=O)(=O)c3cc(F)ccc3F)CC2)cc1F. The molecule has 0 bridgehead atoms. The second-order valence-corrected chi connectivity index (χ2v) is 8.14. The van der Waals surface area contributed by atoms with Gasteiger partial charge in [0.25, 0.3) is 5.91 Å². The maximum absolute atomic E-state index is 13.8. The Bertz CT molecular complexity index is 987. The number of carbonyl (C=O) groups is 1. The van der Waals surface area contributed by atoms with E-state index in [2.05, 4.69) is 0 Å². The summed E-state index contributed by atoms with van der Waals surface area (Å²) in [5.41, 5.74) is 0.588. The van der Waals surface area contributed by atoms with Crippen LogP contribution < -0.4 is 0 Å². The molecular formula is C18H17F3N2O3S. The number of hydrogen-bond acceptors (Lipinski definition) is 3. The molecule has 0 radical (unpaired) electrons. The Labute approximate surface area is 155 Å². The molecule has 9 heteroatoms. The summed E-state index contributed by atoms with van der Waals surface area (Å²) < 4.78 is 66.9. The molecule has 0 N–H and O–H groups in total. The predicted molar refractivity (Wildman–Crippen MR) is 92.2 cm³/mol. The fraction of sp³-hybridized carbons (Fsp3) is 0.278. The van der Waals surface area contributed by atoms with Crippen molar-refractivity contribution in [3.05, 3.63) is 65.0 Å². The summed E-state index contributed by atoms with van der Waals surface area (Å²) in [5.74, 6) is -2.80. The van der Waals surface area contributed by atoms with Crippen molar-refractivity contribution < 1.29 is 26.4 Å². The summed E-state index contributed by atoms with van der Waals surface area (Å²) in [4.78, 5) is 13.1. The third-order valence-electron chi connectivity index (χ3n) is 4.46. The molecule has 0 saturated carbocycles. The minimum atomic E-state index is -4.22. The summed E-state index contributed by atoms with van der Waals surface area (Å²) in [5, 5.41) is 0. The van der Waals surface area contributed by atoms with Crippen molar-refractivity contribution in [2.45, 2.75) is 11.8 Å². The molecule has 1 saturated heterocycles. The molecule has 0 unspecified atom stereocenters. The molecule has 5 nitrogen and oxygen atoms in total. The van der Waals surface area contributed by atoms with Gasteiger partial charge in [0, 0.05) is 31.7 Å². The van der Waals surface area contributed by atoms with E-state index in [4.69, 9.17) is 0 Å². The van der Waals surface area contributed by atoms with Gasteiger partial charge in [-0.15, -0.1) is 0 Å². The summed E-state index contributed by atoms with van der Waals surface area (Å²) in [6, 6.07) is 6.38. The lowest BCUT2D eigenvalue weighted by Crippen LogP contribution is -2.50. The van der Waals surface area contributed by atoms with Gasteiger partial charge in [-0.1, -0.05) is 6.07 Å². The first kappa shape index (κ1) is 19.4. The number of nitrogens with zero attached hydrogens (tertiary/aromatic N) is 2. The number of carbonyl (C=O) groups excluding carboxylic acids is 1. The minimum Gasteiger partial charge on any atom is -0.336 e. The van der Waals surface area contributed by atoms with Gasteiger partial charge in [-0.2, -0.15) is 4.31 Å². The molecule has 1 aliphatic rings. The Kier molecular flexibility index (Phi) is 5.25. The van der Waals surface area contributed by atoms with Crippen LogP contribution in [-0.4, -0.2) is 49.7 Å². The number of amides is 1. The summed E-state index contributed by atoms with van der Waals surface area (Å²) >= 11 is 0. The van der Waals surface area contributed by atoms with Gasteiger partial charge >= 0.3 is 0 Å². The lowest BCUT2D eigenvalue weighted by Gasteiger charge is -2.34. The molecule has 1 amide bonds. The van der Waals surface area contributed by atoms with Gasteiger partial charge in [-0.3, -0.25) is 4.79 Å². The molecule has 2 aromatic rings. The number of aryl methyl sites for hydroxylation is 1. The van der Waals surface area contributed by atoms with Crippen LogP contribution >= 0.6 is 0 Å². The Morgan fingerprint density at radius 2 is 1.59 bits per heavy atom. The number of halogens is 3. The minimum absolute atomic E-state index is 0.0600. The number of sulfonamides is 1. The number of rotatable bonds is 3. The fourth-order valence-corrected chi connectivity index (χ4v) is 4.35. The highest BCUT2D eigenvalue weighted by Crippen LogP contribution is 2.22. The molecule has 0 spiro atoms. The van der Waals surface area contributed by atoms with E-state index >= 15 is 0 Å². The van der Waals surface area contributed by atoms with Crippen LogP contribution in [0.25, 0.3) is 0 Å². The lowest BCUT2D eigenvalue weighted by atomic mass is 10.1. The van der Waals surface area contributed by atoms with E-state index in [1.165, 1.54) is 17.0 Å². The van der Waals surface area contributed by atoms with Crippen molar-refractivity contribution in [3.8, 4) is 0 Å². The van der Waals surface area contributed by atoms with Crippen molar-refractivity contribution in [2.75, 3.05) is 26.2 Å². The Balaban J connectivity index is 1.73. The molecule has 3 rings (SSSR count). The van der Waals surface area contributed by atoms with Gasteiger partial charge in [0.15, 0.2) is 0 Å². The molecule has 1 aliphatic heterocycles. The standard InChI is InChI=1S/C18H17F3N2O3S/c1-12-2-3-13(10-16(12)21)18(24)22-6-8-23(9-7-22)27(25,26)17-11-14(19)4-5-15(17)20/h2-5,10-11H,6-9H2,1H3. The van der Waals surface area contributed by atoms with E-state index in [9.17, 15) is 26.4 Å². The highest BCUT2D eigenvalue weighted by molar-refractivity contribution is 7.89. The third-order valence-corrected chi connectivity index (χ3v) is 6.37. The Morgan fingerprint density at radius 1 is 0.926 bits per heavy atom. The van der Waals surface area contributed by atoms with Crippen LogP contribution in [0.4, 0.5) is 13.2 Å². The Morgan fingerprint density at radius 3 is 2.22 bits per heavy atom. The monoisotopic (exact) mass is 398 g/mol. The predicted octanol–water partition coefficient (Wildman–Crippen LogP) is 2.56. The van der Waals surface area contributed by atoms with Gasteiger partial charge < -0.3 is 4.90 Å². The Hall–Kier alpha value is -2.39. The van der Waals surface area contributed by atoms with Gasteiger partial charge in [0.2, 0.25) is 10.0 Å². The van der Waals surface area contributed by atoms with Crippen LogP contribution in [0.2, 0.25) is 0 Å². The quantitative estimate of drug-likeness (QED) is 0.799. The van der Waals surface area contributed by atoms with Gasteiger partial charge in [0.1, 0.15) is 22.3 Å². The normalized spacial score (nSPS) is 15.8. The molecule has 1 heterocycles. The van der Waals surface area contributed by atoms with E-state index < -0.39 is 38.3 Å². The second-order valence-electron chi connectivity index (χ2n) is 6.23. The van der Waals surface area contributed by atoms with Crippen LogP contribution in [0.15, 0.2) is 41.3 Å². The first-order valence-electron chi connectivity index (χ1n) is 8.21. The van der Waals surface area contributed by atoms with Crippen LogP contribution in [0.1, 0.15) is 15.9 Å². The molecule has 144 valence electrons. The lowest BCUT2D eigenvalue weighted by molar-refractivity contribution is 0.0697. The van der Waals surface area contributed by atoms with Crippen molar-refractivity contribution in [1.29, 1.82) is 0 Å². The van der Waals surface area contributed by atoms with E-state index in [1.807, 2.05) is 0 Å². The van der Waals surface area contributed by atoms with Crippen LogP contribution in [0.3, 0.4) is 0 Å². The molecule has 27 heavy (non-hydrogen) atoms. The molecule has 0 aromatic heterocycles. The fourth-order valence-electron chi connectivity index (χ4n) is 2.85. The summed E-state index contributed by atoms with van der Waals surface area (Å²) in [6.45, 7) is 1.56. The maximum atomic E-state index is 13.8. The zero-order valence-corrected chi connectivity index (χ0v) is 15.3. The van der Waals surface area contributed by atoms with E-state index in [0.717, 1.165) is 22.5 Å². The highest BCUT2D eigenvalue weighted by Gasteiger charge is 2.32. The molecule has 0 aliphatic carbocycles. The number of hydrogen-bond donors (Lipinski definition) is 0. The maximum Gasteiger partial charge on any atom is 0.254 e. The van der Waals surface area contributed by atoms with Crippen molar-refractivity contribution in [1.82, 2.24) is 9.21 Å². The van der Waals surface area contributed by atoms with Crippen LogP contribution in [0, 0.1) is 24.4 Å². The topological polar surface area (TPSA) is 57.7 Å². The summed E-state index contributed by atoms with van der Waals surface area (Å²) in [6.07, 6.45) is 0. The van der Waals surface area contributed by atoms with Crippen LogP contribution in [0.5, 0.6) is 0 Å². The second kappa shape index (κ2) is 7.32. The number of piperazine rings is 1. The summed E-state index contributed by atoms with van der Waals surface area (Å²) in [7, 11) is -4.22. The largest absolute Gasteiger partial charge is 0.336 e. The van der Waals surface area contributed by atoms with Gasteiger partial charge in [0.05, 0.1) is 0 Å². The van der Waals surface area contributed by atoms with E-state index in [-0.39, 0.29) is 31.7 Å². The van der Waals surface area contributed by atoms with Crippen molar-refractivity contribution in [2.24, 2.45) is 0 Å². The average molecular weight is 398 g/mol. The average Bonchev–Trinajstić information content (AvgIpc) is 2.65. The zero-order valence-electron chi connectivity index (χ0n) is 14.5. The molecule has 0 atom stereocenters.